The third kappa shape index (κ3) is 5.29. The molecule has 0 unspecified atom stereocenters. The number of nitrogens with one attached hydrogen (secondary N) is 1. The van der Waals surface area contributed by atoms with E-state index in [0.29, 0.717) is 17.6 Å². The van der Waals surface area contributed by atoms with Crippen LogP contribution in [0.5, 0.6) is 5.75 Å². The van der Waals surface area contributed by atoms with Gasteiger partial charge in [0.1, 0.15) is 5.75 Å². The number of thioether (sulfide) groups is 1. The van der Waals surface area contributed by atoms with Crippen LogP contribution >= 0.6 is 11.8 Å². The summed E-state index contributed by atoms with van der Waals surface area (Å²) in [6.07, 6.45) is 1.81. The predicted octanol–water partition coefficient (Wildman–Crippen LogP) is 3.52. The van der Waals surface area contributed by atoms with E-state index in [-0.39, 0.29) is 5.57 Å². The van der Waals surface area contributed by atoms with Crippen molar-refractivity contribution in [3.63, 3.8) is 0 Å². The number of aryl methyl sites for hydroxylation is 1. The van der Waals surface area contributed by atoms with Crippen LogP contribution in [0.15, 0.2) is 34.4 Å². The van der Waals surface area contributed by atoms with Crippen LogP contribution in [0.1, 0.15) is 45.2 Å². The molecule has 0 aromatic heterocycles. The van der Waals surface area contributed by atoms with Crippen LogP contribution in [0.4, 0.5) is 4.79 Å². The number of primary amides is 2. The summed E-state index contributed by atoms with van der Waals surface area (Å²) in [6.45, 7) is 8.42. The number of benzene rings is 1. The first-order valence-electron chi connectivity index (χ1n) is 8.90. The molecule has 0 heterocycles. The lowest BCUT2D eigenvalue weighted by molar-refractivity contribution is -0.114. The van der Waals surface area contributed by atoms with Crippen LogP contribution in [0.3, 0.4) is 0 Å². The molecule has 3 amide bonds. The molecule has 0 saturated heterocycles. The molecule has 27 heavy (non-hydrogen) atoms. The molecule has 0 spiro atoms. The molecule has 1 aliphatic rings. The van der Waals surface area contributed by atoms with Crippen LogP contribution in [0.25, 0.3) is 4.91 Å². The van der Waals surface area contributed by atoms with Gasteiger partial charge >= 0.3 is 6.03 Å². The molecular weight excluding hydrogens is 362 g/mol. The summed E-state index contributed by atoms with van der Waals surface area (Å²) in [6, 6.07) is 5.28. The van der Waals surface area contributed by atoms with E-state index in [0.717, 1.165) is 34.6 Å². The Balaban J connectivity index is 2.49. The van der Waals surface area contributed by atoms with Crippen molar-refractivity contribution < 1.29 is 14.3 Å². The number of rotatable bonds is 7. The van der Waals surface area contributed by atoms with Gasteiger partial charge in [0.2, 0.25) is 5.91 Å². The molecule has 0 atom stereocenters. The summed E-state index contributed by atoms with van der Waals surface area (Å²) in [4.78, 5) is 24.0. The fourth-order valence-electron chi connectivity index (χ4n) is 2.73. The van der Waals surface area contributed by atoms with Gasteiger partial charge in [-0.05, 0) is 44.2 Å². The molecule has 146 valence electrons. The summed E-state index contributed by atoms with van der Waals surface area (Å²) in [5.74, 6) is 0.595. The molecule has 5 N–H and O–H groups in total. The van der Waals surface area contributed by atoms with Gasteiger partial charge in [0.15, 0.2) is 0 Å². The Labute approximate surface area is 164 Å². The predicted molar refractivity (Wildman–Crippen MR) is 110 cm³/mol. The highest BCUT2D eigenvalue weighted by atomic mass is 32.2. The number of carbonyl (C=O) groups is 2. The maximum Gasteiger partial charge on any atom is 0.317 e. The van der Waals surface area contributed by atoms with E-state index in [2.05, 4.69) is 25.2 Å². The Kier molecular flexibility index (Phi) is 6.96. The minimum Gasteiger partial charge on any atom is -0.493 e. The lowest BCUT2D eigenvalue weighted by Gasteiger charge is -2.25. The van der Waals surface area contributed by atoms with Crippen LogP contribution in [0, 0.1) is 5.92 Å². The fourth-order valence-corrected chi connectivity index (χ4v) is 3.95. The lowest BCUT2D eigenvalue weighted by Crippen LogP contribution is -2.30. The van der Waals surface area contributed by atoms with Gasteiger partial charge < -0.3 is 21.5 Å². The van der Waals surface area contributed by atoms with Gasteiger partial charge in [0.25, 0.3) is 0 Å². The maximum atomic E-state index is 11.7. The van der Waals surface area contributed by atoms with Gasteiger partial charge in [-0.15, -0.1) is 0 Å². The average Bonchev–Trinajstić information content (AvgIpc) is 2.60. The van der Waals surface area contributed by atoms with Gasteiger partial charge in [0, 0.05) is 16.0 Å². The van der Waals surface area contributed by atoms with Crippen molar-refractivity contribution in [2.75, 3.05) is 6.61 Å². The third-order valence-electron chi connectivity index (χ3n) is 4.22. The highest BCUT2D eigenvalue weighted by molar-refractivity contribution is 8.11. The van der Waals surface area contributed by atoms with E-state index in [1.165, 1.54) is 17.3 Å². The minimum absolute atomic E-state index is 0.256. The molecule has 1 aromatic rings. The summed E-state index contributed by atoms with van der Waals surface area (Å²) in [7, 11) is 0. The molecule has 0 aliphatic heterocycles. The van der Waals surface area contributed by atoms with Gasteiger partial charge in [-0.1, -0.05) is 43.3 Å². The van der Waals surface area contributed by atoms with E-state index >= 15 is 0 Å². The standard InChI is InChI=1S/C20H27N3O3S/c1-11(2)10-26-15-7-5-6-14-9-8-12(3)17(16(14)15)27-19(23-20(22)25)13(4)18(21)24/h5-7,11H,8-10H2,1-4H3,(H2,21,24)(H3,22,23,25)/b19-13+. The second-order valence-electron chi connectivity index (χ2n) is 7.01. The number of carbonyl (C=O) groups excluding carboxylic acids is 2. The Morgan fingerprint density at radius 3 is 2.56 bits per heavy atom. The number of allylic oxidation sites excluding steroid dienone is 1. The molecule has 0 bridgehead atoms. The zero-order valence-corrected chi connectivity index (χ0v) is 17.0. The number of amides is 3. The Hall–Kier alpha value is -2.41. The molecule has 6 nitrogen and oxygen atoms in total. The number of hydrogen-bond donors (Lipinski definition) is 3. The van der Waals surface area contributed by atoms with E-state index in [9.17, 15) is 9.59 Å². The lowest BCUT2D eigenvalue weighted by atomic mass is 9.92. The van der Waals surface area contributed by atoms with E-state index in [1.807, 2.05) is 19.1 Å². The van der Waals surface area contributed by atoms with E-state index in [4.69, 9.17) is 16.2 Å². The summed E-state index contributed by atoms with van der Waals surface area (Å²) >= 11 is 1.30. The largest absolute Gasteiger partial charge is 0.493 e. The van der Waals surface area contributed by atoms with Crippen molar-refractivity contribution in [1.82, 2.24) is 5.32 Å². The van der Waals surface area contributed by atoms with Gasteiger partial charge in [0.05, 0.1) is 11.6 Å². The zero-order chi connectivity index (χ0) is 20.1. The monoisotopic (exact) mass is 389 g/mol. The van der Waals surface area contributed by atoms with Gasteiger partial charge in [-0.2, -0.15) is 0 Å². The van der Waals surface area contributed by atoms with E-state index in [1.54, 1.807) is 6.92 Å². The Bertz CT molecular complexity index is 813. The van der Waals surface area contributed by atoms with Crippen molar-refractivity contribution in [3.8, 4) is 5.75 Å². The smallest absolute Gasteiger partial charge is 0.317 e. The SMILES string of the molecule is CC1=C(S/C(NC(N)=O)=C(\C)C(N)=O)c2c(cccc2OCC(C)C)CC1. The van der Waals surface area contributed by atoms with Crippen molar-refractivity contribution in [2.45, 2.75) is 40.5 Å². The summed E-state index contributed by atoms with van der Waals surface area (Å²) in [5.41, 5.74) is 14.3. The second-order valence-corrected chi connectivity index (χ2v) is 8.03. The Morgan fingerprint density at radius 2 is 1.96 bits per heavy atom. The van der Waals surface area contributed by atoms with Gasteiger partial charge in [-0.25, -0.2) is 4.79 Å². The molecule has 0 saturated carbocycles. The quantitative estimate of drug-likeness (QED) is 0.620. The van der Waals surface area contributed by atoms with Crippen molar-refractivity contribution >= 4 is 28.6 Å². The van der Waals surface area contributed by atoms with Crippen molar-refractivity contribution in [2.24, 2.45) is 17.4 Å². The van der Waals surface area contributed by atoms with Crippen molar-refractivity contribution in [3.05, 3.63) is 45.5 Å². The van der Waals surface area contributed by atoms with Crippen LogP contribution < -0.4 is 21.5 Å². The Morgan fingerprint density at radius 1 is 1.26 bits per heavy atom. The maximum absolute atomic E-state index is 11.7. The van der Waals surface area contributed by atoms with Crippen LogP contribution in [0.2, 0.25) is 0 Å². The molecule has 0 fully saturated rings. The molecular formula is C20H27N3O3S. The third-order valence-corrected chi connectivity index (χ3v) is 5.59. The molecule has 7 heteroatoms. The first-order valence-corrected chi connectivity index (χ1v) is 9.72. The number of ether oxygens (including phenoxy) is 1. The zero-order valence-electron chi connectivity index (χ0n) is 16.2. The van der Waals surface area contributed by atoms with Crippen LogP contribution in [-0.4, -0.2) is 18.5 Å². The topological polar surface area (TPSA) is 107 Å². The molecule has 2 rings (SSSR count). The van der Waals surface area contributed by atoms with Crippen molar-refractivity contribution in [1.29, 1.82) is 0 Å². The minimum atomic E-state index is -0.739. The highest BCUT2D eigenvalue weighted by Crippen LogP contribution is 2.46. The highest BCUT2D eigenvalue weighted by Gasteiger charge is 2.24. The molecule has 1 aliphatic carbocycles. The summed E-state index contributed by atoms with van der Waals surface area (Å²) < 4.78 is 6.05. The second kappa shape index (κ2) is 8.99. The number of hydrogen-bond acceptors (Lipinski definition) is 4. The number of nitrogens with two attached hydrogens (primary N) is 2. The number of fused-ring (bicyclic) bond motifs is 1. The van der Waals surface area contributed by atoms with Crippen LogP contribution in [-0.2, 0) is 11.2 Å². The average molecular weight is 390 g/mol. The van der Waals surface area contributed by atoms with E-state index < -0.39 is 11.9 Å². The number of urea groups is 1. The molecule has 0 radical (unpaired) electrons. The normalized spacial score (nSPS) is 14.6. The fraction of sp³-hybridized carbons (Fsp3) is 0.400. The first-order chi connectivity index (χ1) is 12.7. The van der Waals surface area contributed by atoms with Gasteiger partial charge in [-0.3, -0.25) is 4.79 Å². The first kappa shape index (κ1) is 20.9. The summed E-state index contributed by atoms with van der Waals surface area (Å²) in [5, 5.41) is 2.88. The molecule has 1 aromatic carbocycles.